The molecule has 25 heavy (non-hydrogen) atoms. The van der Waals surface area contributed by atoms with Crippen molar-refractivity contribution in [3.05, 3.63) is 0 Å². The van der Waals surface area contributed by atoms with Crippen LogP contribution in [0.15, 0.2) is 4.99 Å². The molecule has 3 N–H and O–H groups in total. The highest BCUT2D eigenvalue weighted by molar-refractivity contribution is 5.79. The monoisotopic (exact) mass is 354 g/mol. The number of aliphatic hydroxyl groups is 1. The van der Waals surface area contributed by atoms with Gasteiger partial charge in [0.25, 0.3) is 0 Å². The number of likely N-dealkylation sites (tertiary alicyclic amines) is 1. The van der Waals surface area contributed by atoms with Gasteiger partial charge in [0.05, 0.1) is 13.2 Å². The van der Waals surface area contributed by atoms with Crippen molar-refractivity contribution in [1.29, 1.82) is 0 Å². The Bertz CT molecular complexity index is 389. The minimum atomic E-state index is 0.0179. The lowest BCUT2D eigenvalue weighted by Gasteiger charge is -2.31. The summed E-state index contributed by atoms with van der Waals surface area (Å²) < 4.78 is 5.56. The van der Waals surface area contributed by atoms with Gasteiger partial charge in [-0.15, -0.1) is 0 Å². The first-order valence-corrected chi connectivity index (χ1v) is 10.1. The molecule has 2 heterocycles. The molecule has 0 aromatic heterocycles. The maximum absolute atomic E-state index is 9.34. The summed E-state index contributed by atoms with van der Waals surface area (Å²) in [4.78, 5) is 7.33. The molecule has 2 aliphatic heterocycles. The van der Waals surface area contributed by atoms with Crippen molar-refractivity contribution in [1.82, 2.24) is 15.5 Å². The summed E-state index contributed by atoms with van der Waals surface area (Å²) in [5.74, 6) is 1.74. The smallest absolute Gasteiger partial charge is 0.191 e. The molecule has 2 fully saturated rings. The number of nitrogens with zero attached hydrogens (tertiary/aromatic N) is 2. The van der Waals surface area contributed by atoms with Gasteiger partial charge in [-0.2, -0.15) is 0 Å². The molecular weight excluding hydrogens is 316 g/mol. The molecular formula is C19H38N4O2. The highest BCUT2D eigenvalue weighted by Gasteiger charge is 2.34. The van der Waals surface area contributed by atoms with Crippen LogP contribution >= 0.6 is 0 Å². The van der Waals surface area contributed by atoms with Crippen LogP contribution in [0.3, 0.4) is 0 Å². The first kappa shape index (κ1) is 20.5. The fourth-order valence-electron chi connectivity index (χ4n) is 3.86. The average molecular weight is 355 g/mol. The van der Waals surface area contributed by atoms with E-state index in [2.05, 4.69) is 29.4 Å². The topological polar surface area (TPSA) is 69.1 Å². The number of aliphatic imine (C=N–C) groups is 1. The van der Waals surface area contributed by atoms with E-state index in [1.165, 1.54) is 38.9 Å². The van der Waals surface area contributed by atoms with Crippen LogP contribution in [0.5, 0.6) is 0 Å². The Balaban J connectivity index is 1.75. The van der Waals surface area contributed by atoms with Gasteiger partial charge in [0, 0.05) is 31.7 Å². The molecule has 0 aromatic carbocycles. The van der Waals surface area contributed by atoms with Crippen LogP contribution in [0.25, 0.3) is 0 Å². The number of piperidine rings is 1. The molecule has 6 nitrogen and oxygen atoms in total. The van der Waals surface area contributed by atoms with Crippen molar-refractivity contribution in [2.24, 2.45) is 16.3 Å². The predicted molar refractivity (Wildman–Crippen MR) is 103 cm³/mol. The number of hydrogen-bond donors (Lipinski definition) is 3. The molecule has 1 unspecified atom stereocenters. The van der Waals surface area contributed by atoms with Gasteiger partial charge in [-0.25, -0.2) is 0 Å². The molecule has 0 amide bonds. The lowest BCUT2D eigenvalue weighted by Crippen LogP contribution is -2.40. The Kier molecular flexibility index (Phi) is 8.99. The van der Waals surface area contributed by atoms with Crippen LogP contribution in [0.2, 0.25) is 0 Å². The Morgan fingerprint density at radius 1 is 1.28 bits per heavy atom. The van der Waals surface area contributed by atoms with Crippen molar-refractivity contribution in [3.8, 4) is 0 Å². The van der Waals surface area contributed by atoms with Crippen molar-refractivity contribution in [2.75, 3.05) is 59.1 Å². The van der Waals surface area contributed by atoms with E-state index in [1.54, 1.807) is 0 Å². The maximum atomic E-state index is 9.34. The summed E-state index contributed by atoms with van der Waals surface area (Å²) in [5, 5.41) is 16.2. The zero-order valence-electron chi connectivity index (χ0n) is 16.2. The van der Waals surface area contributed by atoms with E-state index in [-0.39, 0.29) is 12.0 Å². The van der Waals surface area contributed by atoms with E-state index in [0.717, 1.165) is 51.0 Å². The molecule has 2 saturated heterocycles. The third-order valence-corrected chi connectivity index (χ3v) is 5.74. The second kappa shape index (κ2) is 11.0. The van der Waals surface area contributed by atoms with Crippen LogP contribution in [0, 0.1) is 11.3 Å². The number of guanidine groups is 1. The van der Waals surface area contributed by atoms with Crippen molar-refractivity contribution in [2.45, 2.75) is 46.0 Å². The molecule has 0 aliphatic carbocycles. The van der Waals surface area contributed by atoms with Gasteiger partial charge in [0.1, 0.15) is 0 Å². The standard InChI is InChI=1S/C19H38N4O2/c1-3-20-18(22-15-19(8-13-24)9-14-25-16-19)21-10-5-17-6-11-23(4-2)12-7-17/h17,24H,3-16H2,1-2H3,(H2,20,21,22). The molecule has 6 heteroatoms. The van der Waals surface area contributed by atoms with Crippen LogP contribution in [0.1, 0.15) is 46.0 Å². The summed E-state index contributed by atoms with van der Waals surface area (Å²) in [6, 6.07) is 0. The number of nitrogens with one attached hydrogen (secondary N) is 2. The van der Waals surface area contributed by atoms with Crippen molar-refractivity contribution in [3.63, 3.8) is 0 Å². The molecule has 0 radical (unpaired) electrons. The van der Waals surface area contributed by atoms with Crippen LogP contribution < -0.4 is 10.6 Å². The molecule has 0 spiro atoms. The maximum Gasteiger partial charge on any atom is 0.191 e. The lowest BCUT2D eigenvalue weighted by atomic mass is 9.84. The molecule has 146 valence electrons. The summed E-state index contributed by atoms with van der Waals surface area (Å²) >= 11 is 0. The summed E-state index contributed by atoms with van der Waals surface area (Å²) in [6.45, 7) is 12.3. The SMILES string of the molecule is CCNC(=NCC1(CCO)CCOC1)NCCC1CCN(CC)CC1. The minimum absolute atomic E-state index is 0.0179. The van der Waals surface area contributed by atoms with E-state index >= 15 is 0 Å². The molecule has 2 aliphatic rings. The van der Waals surface area contributed by atoms with Crippen LogP contribution in [-0.2, 0) is 4.74 Å². The molecule has 2 rings (SSSR count). The summed E-state index contributed by atoms with van der Waals surface area (Å²) in [7, 11) is 0. The molecule has 1 atom stereocenters. The Morgan fingerprint density at radius 2 is 2.08 bits per heavy atom. The van der Waals surface area contributed by atoms with E-state index < -0.39 is 0 Å². The first-order chi connectivity index (χ1) is 12.2. The summed E-state index contributed by atoms with van der Waals surface area (Å²) in [5.41, 5.74) is 0.0179. The zero-order valence-corrected chi connectivity index (χ0v) is 16.2. The van der Waals surface area contributed by atoms with Gasteiger partial charge in [0.15, 0.2) is 5.96 Å². The van der Waals surface area contributed by atoms with Gasteiger partial charge >= 0.3 is 0 Å². The van der Waals surface area contributed by atoms with E-state index in [0.29, 0.717) is 6.61 Å². The Labute approximate surface area is 153 Å². The third-order valence-electron chi connectivity index (χ3n) is 5.74. The average Bonchev–Trinajstić information content (AvgIpc) is 3.09. The van der Waals surface area contributed by atoms with Crippen LogP contribution in [0.4, 0.5) is 0 Å². The Morgan fingerprint density at radius 3 is 2.68 bits per heavy atom. The quantitative estimate of drug-likeness (QED) is 0.432. The molecule has 0 saturated carbocycles. The van der Waals surface area contributed by atoms with E-state index in [9.17, 15) is 5.11 Å². The van der Waals surface area contributed by atoms with E-state index in [1.807, 2.05) is 0 Å². The Hall–Kier alpha value is -0.850. The fourth-order valence-corrected chi connectivity index (χ4v) is 3.86. The van der Waals surface area contributed by atoms with Gasteiger partial charge in [-0.1, -0.05) is 6.92 Å². The third kappa shape index (κ3) is 6.76. The van der Waals surface area contributed by atoms with Gasteiger partial charge in [-0.3, -0.25) is 4.99 Å². The zero-order chi connectivity index (χ0) is 18.0. The molecule has 0 bridgehead atoms. The van der Waals surface area contributed by atoms with Crippen molar-refractivity contribution < 1.29 is 9.84 Å². The lowest BCUT2D eigenvalue weighted by molar-refractivity contribution is 0.131. The largest absolute Gasteiger partial charge is 0.396 e. The fraction of sp³-hybridized carbons (Fsp3) is 0.947. The van der Waals surface area contributed by atoms with Crippen LogP contribution in [-0.4, -0.2) is 75.1 Å². The normalized spacial score (nSPS) is 26.1. The number of rotatable bonds is 9. The first-order valence-electron chi connectivity index (χ1n) is 10.1. The van der Waals surface area contributed by atoms with Crippen molar-refractivity contribution >= 4 is 5.96 Å². The van der Waals surface area contributed by atoms with Gasteiger partial charge < -0.3 is 25.4 Å². The summed E-state index contributed by atoms with van der Waals surface area (Å²) in [6.07, 6.45) is 5.62. The van der Waals surface area contributed by atoms with E-state index in [4.69, 9.17) is 9.73 Å². The highest BCUT2D eigenvalue weighted by atomic mass is 16.5. The molecule has 0 aromatic rings. The van der Waals surface area contributed by atoms with Gasteiger partial charge in [0.2, 0.25) is 0 Å². The predicted octanol–water partition coefficient (Wildman–Crippen LogP) is 1.45. The minimum Gasteiger partial charge on any atom is -0.396 e. The van der Waals surface area contributed by atoms with Gasteiger partial charge in [-0.05, 0) is 64.6 Å². The second-order valence-electron chi connectivity index (χ2n) is 7.56. The second-order valence-corrected chi connectivity index (χ2v) is 7.56. The number of aliphatic hydroxyl groups excluding tert-OH is 1. The number of ether oxygens (including phenoxy) is 1. The highest BCUT2D eigenvalue weighted by Crippen LogP contribution is 2.32. The number of hydrogen-bond acceptors (Lipinski definition) is 4.